The van der Waals surface area contributed by atoms with E-state index in [0.717, 1.165) is 88.7 Å². The van der Waals surface area contributed by atoms with E-state index in [4.69, 9.17) is 22.1 Å². The number of carbonyl (C=O) groups is 1. The summed E-state index contributed by atoms with van der Waals surface area (Å²) in [6, 6.07) is 23.8. The standard InChI is InChI=1S/C33H41ClN4O2S/c1-41-31-10-6-5-7-27(31)24-37-19-21-38(22-20-37)33(39)32(35)25-13-16-36(17-14-25)18-15-26-23-28(34)11-12-30(26)40-29-8-3-2-4-9-29/h2-12,23,25,32H,13-22,24,35H2,1H3/t32-/m1/s1. The molecule has 3 aromatic carbocycles. The molecule has 0 radical (unpaired) electrons. The summed E-state index contributed by atoms with van der Waals surface area (Å²) < 4.78 is 6.14. The maximum absolute atomic E-state index is 13.3. The van der Waals surface area contributed by atoms with Gasteiger partial charge in [-0.3, -0.25) is 9.69 Å². The van der Waals surface area contributed by atoms with Gasteiger partial charge in [0, 0.05) is 49.2 Å². The zero-order valence-electron chi connectivity index (χ0n) is 23.9. The molecule has 1 amide bonds. The molecule has 8 heteroatoms. The van der Waals surface area contributed by atoms with Gasteiger partial charge in [-0.15, -0.1) is 11.8 Å². The fourth-order valence-electron chi connectivity index (χ4n) is 5.89. The molecule has 41 heavy (non-hydrogen) atoms. The van der Waals surface area contributed by atoms with Crippen molar-refractivity contribution in [3.63, 3.8) is 0 Å². The van der Waals surface area contributed by atoms with Crippen LogP contribution in [0.15, 0.2) is 77.7 Å². The van der Waals surface area contributed by atoms with Gasteiger partial charge in [-0.25, -0.2) is 0 Å². The molecule has 0 unspecified atom stereocenters. The highest BCUT2D eigenvalue weighted by atomic mass is 35.5. The number of para-hydroxylation sites is 1. The van der Waals surface area contributed by atoms with Gasteiger partial charge < -0.3 is 20.3 Å². The highest BCUT2D eigenvalue weighted by molar-refractivity contribution is 7.98. The number of hydrogen-bond acceptors (Lipinski definition) is 6. The van der Waals surface area contributed by atoms with E-state index in [-0.39, 0.29) is 11.8 Å². The normalized spacial score (nSPS) is 17.9. The molecule has 0 aliphatic carbocycles. The molecule has 1 atom stereocenters. The van der Waals surface area contributed by atoms with Crippen LogP contribution in [-0.2, 0) is 17.8 Å². The molecular formula is C33H41ClN4O2S. The van der Waals surface area contributed by atoms with E-state index in [0.29, 0.717) is 5.02 Å². The Labute approximate surface area is 253 Å². The van der Waals surface area contributed by atoms with E-state index in [1.165, 1.54) is 10.5 Å². The summed E-state index contributed by atoms with van der Waals surface area (Å²) in [4.78, 5) is 21.5. The average molecular weight is 593 g/mol. The van der Waals surface area contributed by atoms with Gasteiger partial charge >= 0.3 is 0 Å². The van der Waals surface area contributed by atoms with Gasteiger partial charge in [0.1, 0.15) is 11.5 Å². The van der Waals surface area contributed by atoms with Gasteiger partial charge in [-0.1, -0.05) is 48.0 Å². The number of piperidine rings is 1. The summed E-state index contributed by atoms with van der Waals surface area (Å²) >= 11 is 8.11. The molecule has 2 heterocycles. The van der Waals surface area contributed by atoms with Crippen LogP contribution >= 0.6 is 23.4 Å². The lowest BCUT2D eigenvalue weighted by Gasteiger charge is -2.39. The first-order chi connectivity index (χ1) is 20.0. The number of likely N-dealkylation sites (tertiary alicyclic amines) is 1. The van der Waals surface area contributed by atoms with Gasteiger partial charge in [0.15, 0.2) is 0 Å². The topological polar surface area (TPSA) is 62.0 Å². The second-order valence-corrected chi connectivity index (χ2v) is 12.3. The Bertz CT molecular complexity index is 1280. The van der Waals surface area contributed by atoms with Crippen molar-refractivity contribution in [2.75, 3.05) is 52.1 Å². The van der Waals surface area contributed by atoms with E-state index >= 15 is 0 Å². The first kappa shape index (κ1) is 29.9. The molecular weight excluding hydrogens is 552 g/mol. The van der Waals surface area contributed by atoms with Crippen LogP contribution in [0.3, 0.4) is 0 Å². The molecule has 2 fully saturated rings. The molecule has 2 N–H and O–H groups in total. The summed E-state index contributed by atoms with van der Waals surface area (Å²) in [6.45, 7) is 7.02. The summed E-state index contributed by atoms with van der Waals surface area (Å²) in [6.07, 6.45) is 4.87. The van der Waals surface area contributed by atoms with Crippen molar-refractivity contribution in [3.8, 4) is 11.5 Å². The Morgan fingerprint density at radius 1 is 0.927 bits per heavy atom. The number of piperazine rings is 1. The zero-order chi connectivity index (χ0) is 28.6. The van der Waals surface area contributed by atoms with Crippen LogP contribution in [0.1, 0.15) is 24.0 Å². The lowest BCUT2D eigenvalue weighted by Crippen LogP contribution is -2.55. The number of ether oxygens (including phenoxy) is 1. The van der Waals surface area contributed by atoms with Crippen molar-refractivity contribution in [1.82, 2.24) is 14.7 Å². The highest BCUT2D eigenvalue weighted by Gasteiger charge is 2.32. The first-order valence-electron chi connectivity index (χ1n) is 14.6. The van der Waals surface area contributed by atoms with Crippen molar-refractivity contribution in [2.45, 2.75) is 36.7 Å². The van der Waals surface area contributed by atoms with Crippen LogP contribution in [-0.4, -0.2) is 78.7 Å². The summed E-state index contributed by atoms with van der Waals surface area (Å²) in [5.41, 5.74) is 9.04. The van der Waals surface area contributed by atoms with Crippen LogP contribution in [0.25, 0.3) is 0 Å². The van der Waals surface area contributed by atoms with Crippen molar-refractivity contribution in [2.24, 2.45) is 11.7 Å². The molecule has 0 saturated carbocycles. The minimum atomic E-state index is -0.417. The largest absolute Gasteiger partial charge is 0.457 e. The SMILES string of the molecule is CSc1ccccc1CN1CCN(C(=O)[C@H](N)C2CCN(CCc3cc(Cl)ccc3Oc3ccccc3)CC2)CC1. The summed E-state index contributed by atoms with van der Waals surface area (Å²) in [5.74, 6) is 2.01. The Hall–Kier alpha value is -2.55. The van der Waals surface area contributed by atoms with Crippen LogP contribution in [0.2, 0.25) is 5.02 Å². The van der Waals surface area contributed by atoms with E-state index in [1.54, 1.807) is 11.8 Å². The molecule has 218 valence electrons. The van der Waals surface area contributed by atoms with E-state index < -0.39 is 6.04 Å². The number of nitrogens with zero attached hydrogens (tertiary/aromatic N) is 3. The summed E-state index contributed by atoms with van der Waals surface area (Å²) in [7, 11) is 0. The molecule has 5 rings (SSSR count). The van der Waals surface area contributed by atoms with Crippen molar-refractivity contribution in [1.29, 1.82) is 0 Å². The van der Waals surface area contributed by atoms with Gasteiger partial charge in [0.05, 0.1) is 6.04 Å². The van der Waals surface area contributed by atoms with Gasteiger partial charge in [0.2, 0.25) is 5.91 Å². The fraction of sp³-hybridized carbons (Fsp3) is 0.424. The van der Waals surface area contributed by atoms with Gasteiger partial charge in [-0.05, 0) is 92.1 Å². The number of benzene rings is 3. The minimum absolute atomic E-state index is 0.120. The van der Waals surface area contributed by atoms with Gasteiger partial charge in [0.25, 0.3) is 0 Å². The maximum Gasteiger partial charge on any atom is 0.239 e. The monoisotopic (exact) mass is 592 g/mol. The number of amides is 1. The zero-order valence-corrected chi connectivity index (χ0v) is 25.5. The first-order valence-corrected chi connectivity index (χ1v) is 16.2. The lowest BCUT2D eigenvalue weighted by molar-refractivity contribution is -0.136. The summed E-state index contributed by atoms with van der Waals surface area (Å²) in [5, 5.41) is 0.717. The number of rotatable bonds is 10. The van der Waals surface area contributed by atoms with Crippen LogP contribution in [0.4, 0.5) is 0 Å². The molecule has 2 aliphatic rings. The Morgan fingerprint density at radius 3 is 2.37 bits per heavy atom. The van der Waals surface area contributed by atoms with Crippen LogP contribution in [0.5, 0.6) is 11.5 Å². The van der Waals surface area contributed by atoms with Crippen molar-refractivity contribution >= 4 is 29.3 Å². The highest BCUT2D eigenvalue weighted by Crippen LogP contribution is 2.29. The number of nitrogens with two attached hydrogens (primary N) is 1. The number of thioether (sulfide) groups is 1. The van der Waals surface area contributed by atoms with E-state index in [2.05, 4.69) is 40.3 Å². The van der Waals surface area contributed by atoms with Crippen molar-refractivity contribution < 1.29 is 9.53 Å². The Morgan fingerprint density at radius 2 is 1.63 bits per heavy atom. The average Bonchev–Trinajstić information content (AvgIpc) is 3.02. The van der Waals surface area contributed by atoms with Crippen LogP contribution < -0.4 is 10.5 Å². The second-order valence-electron chi connectivity index (χ2n) is 11.0. The van der Waals surface area contributed by atoms with Crippen LogP contribution in [0, 0.1) is 5.92 Å². The molecule has 3 aromatic rings. The van der Waals surface area contributed by atoms with E-state index in [9.17, 15) is 4.79 Å². The predicted molar refractivity (Wildman–Crippen MR) is 169 cm³/mol. The van der Waals surface area contributed by atoms with Crippen molar-refractivity contribution in [3.05, 3.63) is 88.9 Å². The maximum atomic E-state index is 13.3. The predicted octanol–water partition coefficient (Wildman–Crippen LogP) is 5.78. The third-order valence-corrected chi connectivity index (χ3v) is 9.46. The second kappa shape index (κ2) is 14.6. The van der Waals surface area contributed by atoms with Gasteiger partial charge in [-0.2, -0.15) is 0 Å². The fourth-order valence-corrected chi connectivity index (χ4v) is 6.69. The number of carbonyl (C=O) groups excluding carboxylic acids is 1. The smallest absolute Gasteiger partial charge is 0.239 e. The number of hydrogen-bond donors (Lipinski definition) is 1. The third-order valence-electron chi connectivity index (χ3n) is 8.39. The molecule has 0 bridgehead atoms. The molecule has 6 nitrogen and oxygen atoms in total. The Balaban J connectivity index is 1.07. The third kappa shape index (κ3) is 8.05. The quantitative estimate of drug-likeness (QED) is 0.301. The number of halogens is 1. The lowest BCUT2D eigenvalue weighted by atomic mass is 9.88. The molecule has 2 saturated heterocycles. The molecule has 2 aliphatic heterocycles. The molecule has 0 spiro atoms. The molecule has 0 aromatic heterocycles. The minimum Gasteiger partial charge on any atom is -0.457 e. The Kier molecular flexibility index (Phi) is 10.6. The van der Waals surface area contributed by atoms with E-state index in [1.807, 2.05) is 53.4 Å².